The minimum absolute atomic E-state index is 0.0644. The molecule has 0 aliphatic carbocycles. The Bertz CT molecular complexity index is 1190. The lowest BCUT2D eigenvalue weighted by Crippen LogP contribution is -2.60. The molecule has 0 saturated heterocycles. The van der Waals surface area contributed by atoms with E-state index in [9.17, 15) is 41.0 Å². The predicted molar refractivity (Wildman–Crippen MR) is 126 cm³/mol. The van der Waals surface area contributed by atoms with Crippen LogP contribution in [0, 0.1) is 6.92 Å². The molecule has 3 rings (SSSR count). The van der Waals surface area contributed by atoms with Crippen molar-refractivity contribution in [3.8, 4) is 5.75 Å². The second kappa shape index (κ2) is 11.1. The standard InChI is InChI=1S/C26H26F6N2O4/c1-15-4-6-17(7-5-15)20-14-24(26(30,31)32,34-23(37)21(20)33-22(36)16(2)35)18-8-10-19(11-9-18)38-13-3-12-25(27,28)29/h4-11,16,35H,3,12-14H2,1-2H3,(H,33,36)(H,34,37)/t16-,24?/m1/s1. The number of amides is 2. The summed E-state index contributed by atoms with van der Waals surface area (Å²) in [6.07, 6.45) is -13.0. The van der Waals surface area contributed by atoms with E-state index in [1.54, 1.807) is 19.1 Å². The molecule has 6 nitrogen and oxygen atoms in total. The van der Waals surface area contributed by atoms with Gasteiger partial charge in [-0.2, -0.15) is 26.3 Å². The van der Waals surface area contributed by atoms with Crippen LogP contribution in [0.1, 0.15) is 42.9 Å². The summed E-state index contributed by atoms with van der Waals surface area (Å²) in [5.41, 5.74) is -2.65. The average molecular weight is 544 g/mol. The maximum Gasteiger partial charge on any atom is 0.416 e. The molecule has 1 aliphatic heterocycles. The van der Waals surface area contributed by atoms with Crippen LogP contribution in [0.2, 0.25) is 0 Å². The van der Waals surface area contributed by atoms with Crippen molar-refractivity contribution in [3.63, 3.8) is 0 Å². The van der Waals surface area contributed by atoms with E-state index in [0.717, 1.165) is 24.6 Å². The van der Waals surface area contributed by atoms with Gasteiger partial charge in [0.1, 0.15) is 17.6 Å². The van der Waals surface area contributed by atoms with Crippen molar-refractivity contribution in [2.45, 2.75) is 57.1 Å². The molecule has 1 unspecified atom stereocenters. The molecule has 0 saturated carbocycles. The van der Waals surface area contributed by atoms with Crippen LogP contribution in [0.4, 0.5) is 26.3 Å². The summed E-state index contributed by atoms with van der Waals surface area (Å²) in [7, 11) is 0. The second-order valence-corrected chi connectivity index (χ2v) is 9.01. The van der Waals surface area contributed by atoms with Gasteiger partial charge in [-0.3, -0.25) is 9.59 Å². The molecule has 2 atom stereocenters. The van der Waals surface area contributed by atoms with Crippen molar-refractivity contribution in [2.24, 2.45) is 0 Å². The number of halogens is 6. The van der Waals surface area contributed by atoms with Gasteiger partial charge in [-0.05, 0) is 49.1 Å². The van der Waals surface area contributed by atoms with Crippen molar-refractivity contribution in [1.82, 2.24) is 10.6 Å². The molecule has 1 aliphatic rings. The molecule has 2 amide bonds. The maximum absolute atomic E-state index is 14.7. The molecule has 38 heavy (non-hydrogen) atoms. The molecule has 206 valence electrons. The molecule has 2 aromatic carbocycles. The number of ether oxygens (including phenoxy) is 1. The third kappa shape index (κ3) is 6.66. The number of aryl methyl sites for hydroxylation is 1. The number of hydrogen-bond donors (Lipinski definition) is 3. The highest BCUT2D eigenvalue weighted by Gasteiger charge is 2.59. The van der Waals surface area contributed by atoms with Crippen molar-refractivity contribution in [2.75, 3.05) is 6.61 Å². The zero-order chi connectivity index (χ0) is 28.3. The van der Waals surface area contributed by atoms with E-state index in [-0.39, 0.29) is 35.5 Å². The highest BCUT2D eigenvalue weighted by atomic mass is 19.4. The van der Waals surface area contributed by atoms with E-state index in [1.165, 1.54) is 24.3 Å². The van der Waals surface area contributed by atoms with Crippen LogP contribution in [0.3, 0.4) is 0 Å². The van der Waals surface area contributed by atoms with Crippen LogP contribution >= 0.6 is 0 Å². The molecule has 0 bridgehead atoms. The van der Waals surface area contributed by atoms with E-state index in [0.29, 0.717) is 0 Å². The lowest BCUT2D eigenvalue weighted by molar-refractivity contribution is -0.202. The van der Waals surface area contributed by atoms with E-state index in [4.69, 9.17) is 4.74 Å². The Balaban J connectivity index is 2.00. The SMILES string of the molecule is Cc1ccc(C2=C(NC(=O)[C@@H](C)O)C(=O)NC(c3ccc(OCCCC(F)(F)F)cc3)(C(F)(F)F)C2)cc1. The minimum Gasteiger partial charge on any atom is -0.494 e. The average Bonchev–Trinajstić information content (AvgIpc) is 2.82. The highest BCUT2D eigenvalue weighted by Crippen LogP contribution is 2.48. The number of carbonyl (C=O) groups is 2. The summed E-state index contributed by atoms with van der Waals surface area (Å²) in [4.78, 5) is 25.2. The first-order valence-corrected chi connectivity index (χ1v) is 11.6. The fourth-order valence-corrected chi connectivity index (χ4v) is 3.96. The van der Waals surface area contributed by atoms with Gasteiger partial charge in [0.2, 0.25) is 0 Å². The molecule has 0 fully saturated rings. The Morgan fingerprint density at radius 3 is 2.21 bits per heavy atom. The molecule has 1 heterocycles. The highest BCUT2D eigenvalue weighted by molar-refractivity contribution is 6.06. The Labute approximate surface area is 214 Å². The number of carbonyl (C=O) groups excluding carboxylic acids is 2. The van der Waals surface area contributed by atoms with Crippen molar-refractivity contribution in [3.05, 3.63) is 70.9 Å². The molecule has 2 aromatic rings. The maximum atomic E-state index is 14.7. The summed E-state index contributed by atoms with van der Waals surface area (Å²) < 4.78 is 86.2. The number of aliphatic hydroxyl groups excluding tert-OH is 1. The third-order valence-electron chi connectivity index (χ3n) is 6.03. The van der Waals surface area contributed by atoms with Crippen LogP contribution in [-0.2, 0) is 15.1 Å². The largest absolute Gasteiger partial charge is 0.494 e. The lowest BCUT2D eigenvalue weighted by Gasteiger charge is -2.41. The monoisotopic (exact) mass is 544 g/mol. The second-order valence-electron chi connectivity index (χ2n) is 9.01. The lowest BCUT2D eigenvalue weighted by atomic mass is 9.77. The van der Waals surface area contributed by atoms with Gasteiger partial charge in [0.25, 0.3) is 11.8 Å². The Hall–Kier alpha value is -3.54. The van der Waals surface area contributed by atoms with Crippen LogP contribution in [0.15, 0.2) is 54.2 Å². The number of benzene rings is 2. The van der Waals surface area contributed by atoms with Gasteiger partial charge in [-0.25, -0.2) is 0 Å². The summed E-state index contributed by atoms with van der Waals surface area (Å²) >= 11 is 0. The number of alkyl halides is 6. The van der Waals surface area contributed by atoms with Crippen LogP contribution in [-0.4, -0.2) is 42.0 Å². The van der Waals surface area contributed by atoms with Gasteiger partial charge in [0.05, 0.1) is 6.61 Å². The van der Waals surface area contributed by atoms with Crippen LogP contribution in [0.5, 0.6) is 5.75 Å². The van der Waals surface area contributed by atoms with Gasteiger partial charge < -0.3 is 20.5 Å². The summed E-state index contributed by atoms with van der Waals surface area (Å²) in [5.74, 6) is -2.11. The van der Waals surface area contributed by atoms with Gasteiger partial charge in [-0.15, -0.1) is 0 Å². The predicted octanol–water partition coefficient (Wildman–Crippen LogP) is 4.90. The summed E-state index contributed by atoms with van der Waals surface area (Å²) in [6.45, 7) is 2.64. The van der Waals surface area contributed by atoms with Crippen molar-refractivity contribution in [1.29, 1.82) is 0 Å². The molecular formula is C26H26F6N2O4. The quantitative estimate of drug-likeness (QED) is 0.326. The molecule has 3 N–H and O–H groups in total. The molecule has 0 spiro atoms. The van der Waals surface area contributed by atoms with Gasteiger partial charge in [-0.1, -0.05) is 42.0 Å². The molecule has 0 radical (unpaired) electrons. The first-order valence-electron chi connectivity index (χ1n) is 11.6. The zero-order valence-corrected chi connectivity index (χ0v) is 20.5. The Morgan fingerprint density at radius 2 is 1.68 bits per heavy atom. The van der Waals surface area contributed by atoms with E-state index in [1.807, 2.05) is 5.32 Å². The first kappa shape index (κ1) is 29.0. The third-order valence-corrected chi connectivity index (χ3v) is 6.03. The van der Waals surface area contributed by atoms with Crippen molar-refractivity contribution >= 4 is 17.4 Å². The van der Waals surface area contributed by atoms with Crippen LogP contribution < -0.4 is 15.4 Å². The molecule has 12 heteroatoms. The van der Waals surface area contributed by atoms with E-state index >= 15 is 0 Å². The number of rotatable bonds is 8. The van der Waals surface area contributed by atoms with Crippen LogP contribution in [0.25, 0.3) is 5.57 Å². The van der Waals surface area contributed by atoms with Gasteiger partial charge in [0, 0.05) is 12.8 Å². The van der Waals surface area contributed by atoms with Gasteiger partial charge >= 0.3 is 12.4 Å². The van der Waals surface area contributed by atoms with E-state index < -0.39 is 54.3 Å². The number of nitrogens with one attached hydrogen (secondary N) is 2. The minimum atomic E-state index is -4.99. The zero-order valence-electron chi connectivity index (χ0n) is 20.5. The first-order chi connectivity index (χ1) is 17.6. The normalized spacial score (nSPS) is 19.1. The molecule has 0 aromatic heterocycles. The summed E-state index contributed by atoms with van der Waals surface area (Å²) in [6, 6.07) is 10.9. The number of aliphatic hydroxyl groups is 1. The Morgan fingerprint density at radius 1 is 1.08 bits per heavy atom. The Kier molecular flexibility index (Phi) is 8.45. The topological polar surface area (TPSA) is 87.7 Å². The number of hydrogen-bond acceptors (Lipinski definition) is 4. The fraction of sp³-hybridized carbons (Fsp3) is 0.385. The smallest absolute Gasteiger partial charge is 0.416 e. The van der Waals surface area contributed by atoms with Gasteiger partial charge in [0.15, 0.2) is 5.54 Å². The van der Waals surface area contributed by atoms with Crippen molar-refractivity contribution < 1.29 is 45.8 Å². The van der Waals surface area contributed by atoms with E-state index in [2.05, 4.69) is 5.32 Å². The molecular weight excluding hydrogens is 518 g/mol. The fourth-order valence-electron chi connectivity index (χ4n) is 3.96. The summed E-state index contributed by atoms with van der Waals surface area (Å²) in [5, 5.41) is 13.8.